The second kappa shape index (κ2) is 3.55. The first-order valence-electron chi connectivity index (χ1n) is 3.55. The Labute approximate surface area is 66.3 Å². The quantitative estimate of drug-likeness (QED) is 0.672. The van der Waals surface area contributed by atoms with E-state index in [0.717, 1.165) is 11.3 Å². The first kappa shape index (κ1) is 8.30. The molecular weight excluding hydrogens is 142 g/mol. The number of furan rings is 1. The monoisotopic (exact) mass is 155 g/mol. The molecule has 3 nitrogen and oxygen atoms in total. The van der Waals surface area contributed by atoms with Gasteiger partial charge in [0.25, 0.3) is 0 Å². The van der Waals surface area contributed by atoms with E-state index in [-0.39, 0.29) is 0 Å². The molecule has 0 aliphatic heterocycles. The second-order valence-corrected chi connectivity index (χ2v) is 2.48. The van der Waals surface area contributed by atoms with Crippen molar-refractivity contribution >= 4 is 0 Å². The van der Waals surface area contributed by atoms with Crippen molar-refractivity contribution in [2.75, 3.05) is 7.11 Å². The molecule has 0 aromatic carbocycles. The molecule has 0 atom stereocenters. The van der Waals surface area contributed by atoms with E-state index in [9.17, 15) is 0 Å². The van der Waals surface area contributed by atoms with Crippen LogP contribution in [0.5, 0.6) is 0 Å². The molecule has 1 aromatic rings. The summed E-state index contributed by atoms with van der Waals surface area (Å²) in [5.41, 5.74) is 5.10. The molecule has 1 heterocycles. The molecule has 0 radical (unpaired) electrons. The fourth-order valence-corrected chi connectivity index (χ4v) is 1.00. The van der Waals surface area contributed by atoms with Gasteiger partial charge < -0.3 is 9.25 Å². The molecule has 0 amide bonds. The molecule has 0 fully saturated rings. The summed E-state index contributed by atoms with van der Waals surface area (Å²) in [5.74, 6) is 0.951. The third-order valence-electron chi connectivity index (χ3n) is 1.71. The minimum Gasteiger partial charge on any atom is -0.469 e. The van der Waals surface area contributed by atoms with E-state index in [1.54, 1.807) is 13.4 Å². The fraction of sp³-hybridized carbons (Fsp3) is 0.500. The Morgan fingerprint density at radius 2 is 2.27 bits per heavy atom. The average Bonchev–Trinajstić information content (AvgIpc) is 2.29. The number of hydrogen-bond acceptors (Lipinski definition) is 3. The van der Waals surface area contributed by atoms with Crippen molar-refractivity contribution in [1.29, 1.82) is 0 Å². The lowest BCUT2D eigenvalue weighted by atomic mass is 10.2. The van der Waals surface area contributed by atoms with Crippen molar-refractivity contribution in [2.24, 2.45) is 0 Å². The topological polar surface area (TPSA) is 34.4 Å². The van der Waals surface area contributed by atoms with Gasteiger partial charge in [0.05, 0.1) is 13.4 Å². The Kier molecular flexibility index (Phi) is 2.68. The third-order valence-corrected chi connectivity index (χ3v) is 1.71. The van der Waals surface area contributed by atoms with Gasteiger partial charge in [0.1, 0.15) is 5.76 Å². The summed E-state index contributed by atoms with van der Waals surface area (Å²) in [5, 5.41) is 0. The minimum absolute atomic E-state index is 0.699. The maximum atomic E-state index is 5.20. The van der Waals surface area contributed by atoms with Gasteiger partial charge in [-0.15, -0.1) is 0 Å². The van der Waals surface area contributed by atoms with Crippen molar-refractivity contribution < 1.29 is 9.25 Å². The standard InChI is InChI=1S/C8H13NO2/c1-6-5-11-7(2)8(6)4-9-10-3/h5,9H,4H2,1-3H3. The Morgan fingerprint density at radius 1 is 1.55 bits per heavy atom. The highest BCUT2D eigenvalue weighted by Crippen LogP contribution is 2.14. The molecule has 1 aromatic heterocycles. The van der Waals surface area contributed by atoms with Crippen LogP contribution >= 0.6 is 0 Å². The van der Waals surface area contributed by atoms with Crippen LogP contribution in [-0.2, 0) is 11.4 Å². The van der Waals surface area contributed by atoms with E-state index in [0.29, 0.717) is 6.54 Å². The van der Waals surface area contributed by atoms with Crippen LogP contribution in [0.15, 0.2) is 10.7 Å². The first-order valence-corrected chi connectivity index (χ1v) is 3.55. The van der Waals surface area contributed by atoms with E-state index >= 15 is 0 Å². The molecule has 3 heteroatoms. The zero-order chi connectivity index (χ0) is 8.27. The molecule has 0 unspecified atom stereocenters. The number of nitrogens with one attached hydrogen (secondary N) is 1. The van der Waals surface area contributed by atoms with Crippen LogP contribution in [0, 0.1) is 13.8 Å². The van der Waals surface area contributed by atoms with Gasteiger partial charge in [-0.1, -0.05) is 0 Å². The van der Waals surface area contributed by atoms with Gasteiger partial charge in [0.2, 0.25) is 0 Å². The highest BCUT2D eigenvalue weighted by Gasteiger charge is 2.04. The van der Waals surface area contributed by atoms with Crippen LogP contribution in [0.2, 0.25) is 0 Å². The van der Waals surface area contributed by atoms with Crippen molar-refractivity contribution in [3.63, 3.8) is 0 Å². The van der Waals surface area contributed by atoms with Gasteiger partial charge in [0, 0.05) is 12.1 Å². The molecule has 0 saturated carbocycles. The van der Waals surface area contributed by atoms with Gasteiger partial charge in [0.15, 0.2) is 0 Å². The summed E-state index contributed by atoms with van der Waals surface area (Å²) >= 11 is 0. The highest BCUT2D eigenvalue weighted by atomic mass is 16.6. The van der Waals surface area contributed by atoms with E-state index < -0.39 is 0 Å². The Balaban J connectivity index is 2.67. The number of hydrogen-bond donors (Lipinski definition) is 1. The van der Waals surface area contributed by atoms with Crippen molar-refractivity contribution in [1.82, 2.24) is 5.48 Å². The molecule has 0 saturated heterocycles. The van der Waals surface area contributed by atoms with E-state index in [4.69, 9.17) is 9.25 Å². The van der Waals surface area contributed by atoms with Crippen LogP contribution in [0.3, 0.4) is 0 Å². The summed E-state index contributed by atoms with van der Waals surface area (Å²) in [6.07, 6.45) is 1.75. The molecular formula is C8H13NO2. The lowest BCUT2D eigenvalue weighted by Crippen LogP contribution is -2.11. The number of aryl methyl sites for hydroxylation is 2. The zero-order valence-corrected chi connectivity index (χ0v) is 7.10. The van der Waals surface area contributed by atoms with E-state index in [1.165, 1.54) is 5.56 Å². The van der Waals surface area contributed by atoms with Crippen LogP contribution < -0.4 is 5.48 Å². The molecule has 0 aliphatic rings. The molecule has 0 aliphatic carbocycles. The van der Waals surface area contributed by atoms with Gasteiger partial charge in [-0.05, 0) is 19.4 Å². The molecule has 62 valence electrons. The van der Waals surface area contributed by atoms with Gasteiger partial charge in [-0.3, -0.25) is 0 Å². The molecule has 0 bridgehead atoms. The van der Waals surface area contributed by atoms with Gasteiger partial charge in [-0.2, -0.15) is 5.48 Å². The lowest BCUT2D eigenvalue weighted by Gasteiger charge is -2.00. The molecule has 11 heavy (non-hydrogen) atoms. The number of rotatable bonds is 3. The maximum Gasteiger partial charge on any atom is 0.105 e. The van der Waals surface area contributed by atoms with Crippen LogP contribution in [0.25, 0.3) is 0 Å². The van der Waals surface area contributed by atoms with E-state index in [1.807, 2.05) is 13.8 Å². The summed E-state index contributed by atoms with van der Waals surface area (Å²) in [6.45, 7) is 4.66. The van der Waals surface area contributed by atoms with Crippen LogP contribution in [0.4, 0.5) is 0 Å². The van der Waals surface area contributed by atoms with Crippen molar-refractivity contribution in [3.8, 4) is 0 Å². The third kappa shape index (κ3) is 1.82. The minimum atomic E-state index is 0.699. The molecule has 1 rings (SSSR count). The Morgan fingerprint density at radius 3 is 2.73 bits per heavy atom. The Bertz CT molecular complexity index is 210. The number of hydroxylamine groups is 1. The molecule has 1 N–H and O–H groups in total. The summed E-state index contributed by atoms with van der Waals surface area (Å²) in [4.78, 5) is 4.73. The van der Waals surface area contributed by atoms with Crippen molar-refractivity contribution in [3.05, 3.63) is 23.2 Å². The average molecular weight is 155 g/mol. The zero-order valence-electron chi connectivity index (χ0n) is 7.10. The first-order chi connectivity index (χ1) is 5.25. The van der Waals surface area contributed by atoms with Crippen LogP contribution in [0.1, 0.15) is 16.9 Å². The summed E-state index contributed by atoms with van der Waals surface area (Å²) < 4.78 is 5.20. The predicted octanol–water partition coefficient (Wildman–Crippen LogP) is 1.55. The lowest BCUT2D eigenvalue weighted by molar-refractivity contribution is 0.0863. The van der Waals surface area contributed by atoms with Crippen LogP contribution in [-0.4, -0.2) is 7.11 Å². The normalized spacial score (nSPS) is 10.5. The smallest absolute Gasteiger partial charge is 0.105 e. The highest BCUT2D eigenvalue weighted by molar-refractivity contribution is 5.25. The predicted molar refractivity (Wildman–Crippen MR) is 42.0 cm³/mol. The fourth-order valence-electron chi connectivity index (χ4n) is 1.00. The van der Waals surface area contributed by atoms with Gasteiger partial charge in [-0.25, -0.2) is 0 Å². The SMILES string of the molecule is CONCc1c(C)coc1C. The Hall–Kier alpha value is -0.800. The van der Waals surface area contributed by atoms with Gasteiger partial charge >= 0.3 is 0 Å². The maximum absolute atomic E-state index is 5.20. The summed E-state index contributed by atoms with van der Waals surface area (Å²) in [7, 11) is 1.60. The largest absolute Gasteiger partial charge is 0.469 e. The van der Waals surface area contributed by atoms with Crippen molar-refractivity contribution in [2.45, 2.75) is 20.4 Å². The molecule has 0 spiro atoms. The van der Waals surface area contributed by atoms with E-state index in [2.05, 4.69) is 5.48 Å². The summed E-state index contributed by atoms with van der Waals surface area (Å²) in [6, 6.07) is 0. The second-order valence-electron chi connectivity index (χ2n) is 2.48.